The number of Topliss-reactive ketones (excluding diaryl/α,β-unsaturated/α-hetero) is 2. The van der Waals surface area contributed by atoms with Crippen molar-refractivity contribution in [2.45, 2.75) is 76.8 Å². The van der Waals surface area contributed by atoms with Crippen LogP contribution in [0.25, 0.3) is 0 Å². The first-order valence-electron chi connectivity index (χ1n) is 12.2. The summed E-state index contributed by atoms with van der Waals surface area (Å²) in [6.07, 6.45) is 4.80. The van der Waals surface area contributed by atoms with Crippen LogP contribution in [0.2, 0.25) is 0 Å². The largest absolute Gasteiger partial charge is 0.472 e. The smallest absolute Gasteiger partial charge is 0.338 e. The first-order valence-corrected chi connectivity index (χ1v) is 12.2. The fraction of sp³-hybridized carbons (Fsp3) is 0.630. The number of hydrogen-bond acceptors (Lipinski definition) is 9. The van der Waals surface area contributed by atoms with Crippen LogP contribution < -0.4 is 0 Å². The Hall–Kier alpha value is -2.78. The normalized spacial score (nSPS) is 44.8. The van der Waals surface area contributed by atoms with Gasteiger partial charge in [-0.1, -0.05) is 6.08 Å². The predicted molar refractivity (Wildman–Crippen MR) is 124 cm³/mol. The molecule has 3 heterocycles. The molecule has 1 saturated heterocycles. The van der Waals surface area contributed by atoms with E-state index >= 15 is 0 Å². The van der Waals surface area contributed by atoms with Crippen molar-refractivity contribution in [3.05, 3.63) is 36.3 Å². The lowest BCUT2D eigenvalue weighted by molar-refractivity contribution is -0.250. The van der Waals surface area contributed by atoms with Gasteiger partial charge in [-0.3, -0.25) is 9.59 Å². The number of fused-ring (bicyclic) bond motifs is 2. The molecule has 7 atom stereocenters. The topological polar surface area (TPSA) is 133 Å². The van der Waals surface area contributed by atoms with Crippen LogP contribution in [0.1, 0.15) is 64.2 Å². The lowest BCUT2D eigenvalue weighted by atomic mass is 9.37. The van der Waals surface area contributed by atoms with E-state index in [0.717, 1.165) is 0 Å². The molecule has 9 nitrogen and oxygen atoms in total. The highest BCUT2D eigenvalue weighted by Gasteiger charge is 2.87. The number of methoxy groups -OCH3 is 1. The van der Waals surface area contributed by atoms with Crippen LogP contribution in [-0.2, 0) is 28.6 Å². The maximum absolute atomic E-state index is 14.3. The Morgan fingerprint density at radius 2 is 1.83 bits per heavy atom. The minimum atomic E-state index is -1.56. The highest BCUT2D eigenvalue weighted by atomic mass is 16.7. The molecule has 0 unspecified atom stereocenters. The van der Waals surface area contributed by atoms with Crippen LogP contribution in [0.15, 0.2) is 35.2 Å². The second-order valence-electron chi connectivity index (χ2n) is 11.7. The third kappa shape index (κ3) is 2.58. The third-order valence-corrected chi connectivity index (χ3v) is 10.1. The number of furan rings is 1. The molecule has 9 heteroatoms. The first-order chi connectivity index (χ1) is 16.7. The summed E-state index contributed by atoms with van der Waals surface area (Å²) in [4.78, 5) is 53.2. The van der Waals surface area contributed by atoms with Gasteiger partial charge in [0.1, 0.15) is 23.2 Å². The summed E-state index contributed by atoms with van der Waals surface area (Å²) < 4.78 is 21.9. The summed E-state index contributed by atoms with van der Waals surface area (Å²) in [6.45, 7) is 8.43. The van der Waals surface area contributed by atoms with Gasteiger partial charge >= 0.3 is 11.9 Å². The van der Waals surface area contributed by atoms with Crippen LogP contribution in [0.4, 0.5) is 0 Å². The van der Waals surface area contributed by atoms with Crippen molar-refractivity contribution in [1.82, 2.24) is 0 Å². The van der Waals surface area contributed by atoms with E-state index in [-0.39, 0.29) is 24.4 Å². The Morgan fingerprint density at radius 1 is 1.14 bits per heavy atom. The zero-order valence-corrected chi connectivity index (χ0v) is 21.4. The summed E-state index contributed by atoms with van der Waals surface area (Å²) in [7, 11) is 1.23. The van der Waals surface area contributed by atoms with E-state index in [1.54, 1.807) is 46.8 Å². The molecule has 4 aliphatic rings. The fourth-order valence-corrected chi connectivity index (χ4v) is 8.03. The van der Waals surface area contributed by atoms with Crippen LogP contribution in [0.5, 0.6) is 0 Å². The Bertz CT molecular complexity index is 1190. The van der Waals surface area contributed by atoms with Crippen LogP contribution in [0.3, 0.4) is 0 Å². The Labute approximate surface area is 209 Å². The minimum absolute atomic E-state index is 0.168. The van der Waals surface area contributed by atoms with Crippen molar-refractivity contribution in [2.24, 2.45) is 22.2 Å². The molecule has 3 fully saturated rings. The molecule has 1 N–H and O–H groups in total. The number of cyclic esters (lactones) is 1. The molecule has 2 aliphatic carbocycles. The zero-order chi connectivity index (χ0) is 26.5. The number of aliphatic hydroxyl groups is 1. The van der Waals surface area contributed by atoms with Gasteiger partial charge in [-0.2, -0.15) is 0 Å². The van der Waals surface area contributed by atoms with Gasteiger partial charge in [0.15, 0.2) is 11.9 Å². The molecule has 194 valence electrons. The van der Waals surface area contributed by atoms with Crippen molar-refractivity contribution in [1.29, 1.82) is 0 Å². The summed E-state index contributed by atoms with van der Waals surface area (Å²) in [5, 5.41) is 12.3. The van der Waals surface area contributed by atoms with Gasteiger partial charge in [-0.25, -0.2) is 9.59 Å². The van der Waals surface area contributed by atoms with E-state index in [1.165, 1.54) is 25.7 Å². The van der Waals surface area contributed by atoms with E-state index < -0.39 is 57.0 Å². The molecule has 36 heavy (non-hydrogen) atoms. The van der Waals surface area contributed by atoms with E-state index in [4.69, 9.17) is 18.6 Å². The molecule has 0 bridgehead atoms. The number of esters is 2. The molecule has 2 spiro atoms. The van der Waals surface area contributed by atoms with E-state index in [1.807, 2.05) is 0 Å². The van der Waals surface area contributed by atoms with Gasteiger partial charge in [0.05, 0.1) is 40.8 Å². The Morgan fingerprint density at radius 3 is 2.42 bits per heavy atom. The SMILES string of the molecule is COC(=O)[C@H]1O[C@@]12[C@](C)(C(=O)c1ccoc1)CC[C@@H]1[C@](C)(O)[C@@]3(C=CC(=O)OC3(C)C)CC(=O)[C@]12C. The second kappa shape index (κ2) is 7.16. The van der Waals surface area contributed by atoms with Crippen LogP contribution in [0, 0.1) is 22.2 Å². The average Bonchev–Trinajstić information content (AvgIpc) is 3.34. The molecule has 2 saturated carbocycles. The second-order valence-corrected chi connectivity index (χ2v) is 11.7. The van der Waals surface area contributed by atoms with Crippen LogP contribution >= 0.6 is 0 Å². The van der Waals surface area contributed by atoms with Gasteiger partial charge in [0.25, 0.3) is 0 Å². The number of epoxide rings is 1. The minimum Gasteiger partial charge on any atom is -0.472 e. The van der Waals surface area contributed by atoms with Crippen molar-refractivity contribution < 1.29 is 42.9 Å². The number of hydrogen-bond donors (Lipinski definition) is 1. The summed E-state index contributed by atoms with van der Waals surface area (Å²) >= 11 is 0. The number of carbonyl (C=O) groups excluding carboxylic acids is 4. The van der Waals surface area contributed by atoms with Gasteiger partial charge in [0.2, 0.25) is 0 Å². The van der Waals surface area contributed by atoms with Gasteiger partial charge in [0, 0.05) is 18.4 Å². The number of carbonyl (C=O) groups is 4. The molecule has 1 aromatic heterocycles. The maximum atomic E-state index is 14.3. The van der Waals surface area contributed by atoms with Crippen LogP contribution in [-0.4, -0.2) is 58.6 Å². The quantitative estimate of drug-likeness (QED) is 0.378. The van der Waals surface area contributed by atoms with Gasteiger partial charge in [-0.05, 0) is 53.5 Å². The van der Waals surface area contributed by atoms with Crippen molar-refractivity contribution >= 4 is 23.5 Å². The number of rotatable bonds is 3. The summed E-state index contributed by atoms with van der Waals surface area (Å²) in [5.74, 6) is -2.51. The number of ether oxygens (including phenoxy) is 3. The Kier molecular flexibility index (Phi) is 4.95. The fourth-order valence-electron chi connectivity index (χ4n) is 8.03. The Balaban J connectivity index is 1.70. The first kappa shape index (κ1) is 24.9. The predicted octanol–water partition coefficient (Wildman–Crippen LogP) is 2.80. The zero-order valence-electron chi connectivity index (χ0n) is 21.4. The highest BCUT2D eigenvalue weighted by molar-refractivity contribution is 6.04. The lowest BCUT2D eigenvalue weighted by Crippen LogP contribution is -2.76. The molecule has 0 radical (unpaired) electrons. The maximum Gasteiger partial charge on any atom is 0.338 e. The molecule has 1 aromatic rings. The molecule has 0 amide bonds. The third-order valence-electron chi connectivity index (χ3n) is 10.1. The number of ketones is 2. The molecular formula is C27H32O9. The highest BCUT2D eigenvalue weighted by Crippen LogP contribution is 2.75. The molecule has 2 aliphatic heterocycles. The monoisotopic (exact) mass is 500 g/mol. The van der Waals surface area contributed by atoms with E-state index in [2.05, 4.69) is 0 Å². The lowest BCUT2D eigenvalue weighted by Gasteiger charge is -2.66. The summed E-state index contributed by atoms with van der Waals surface area (Å²) in [5.41, 5.74) is -7.88. The van der Waals surface area contributed by atoms with E-state index in [9.17, 15) is 24.3 Å². The van der Waals surface area contributed by atoms with Gasteiger partial charge < -0.3 is 23.7 Å². The summed E-state index contributed by atoms with van der Waals surface area (Å²) in [6, 6.07) is 1.54. The molecule has 0 aromatic carbocycles. The van der Waals surface area contributed by atoms with Crippen molar-refractivity contribution in [3.8, 4) is 0 Å². The standard InChI is InChI=1S/C27H32O9/c1-22(2)26(11-8-18(29)35-22)13-17(28)24(4)16(25(26,5)32)7-10-23(3,19(30)15-9-12-34-14-15)27(24)20(36-27)21(31)33-6/h8-9,11-12,14,16,20,32H,7,10,13H2,1-6H3/t16-,20+,23-,24-,25-,26-,27+/m0/s1. The van der Waals surface area contributed by atoms with E-state index in [0.29, 0.717) is 12.0 Å². The molecular weight excluding hydrogens is 468 g/mol. The molecule has 5 rings (SSSR count). The van der Waals surface area contributed by atoms with Crippen molar-refractivity contribution in [2.75, 3.05) is 7.11 Å². The van der Waals surface area contributed by atoms with Crippen molar-refractivity contribution in [3.63, 3.8) is 0 Å². The average molecular weight is 501 g/mol. The van der Waals surface area contributed by atoms with Gasteiger partial charge in [-0.15, -0.1) is 0 Å².